The molecule has 7 heteroatoms. The van der Waals surface area contributed by atoms with Crippen LogP contribution in [0.2, 0.25) is 0 Å². The van der Waals surface area contributed by atoms with Gasteiger partial charge in [0.25, 0.3) is 0 Å². The lowest BCUT2D eigenvalue weighted by molar-refractivity contribution is -0.103. The van der Waals surface area contributed by atoms with E-state index in [4.69, 9.17) is 11.8 Å². The molecule has 0 fully saturated rings. The van der Waals surface area contributed by atoms with Gasteiger partial charge in [0.1, 0.15) is 0 Å². The Morgan fingerprint density at radius 2 is 2.40 bits per heavy atom. The van der Waals surface area contributed by atoms with Crippen LogP contribution in [0.3, 0.4) is 0 Å². The van der Waals surface area contributed by atoms with E-state index in [1.165, 1.54) is 6.20 Å². The average Bonchev–Trinajstić information content (AvgIpc) is 2.13. The minimum absolute atomic E-state index is 0.120. The maximum atomic E-state index is 11.4. The van der Waals surface area contributed by atoms with Gasteiger partial charge in [0.2, 0.25) is 5.88 Å². The summed E-state index contributed by atoms with van der Waals surface area (Å²) >= 11 is 5.22. The zero-order chi connectivity index (χ0) is 7.56. The highest BCUT2D eigenvalue weighted by molar-refractivity contribution is 6.12. The number of alkyl halides is 2. The van der Waals surface area contributed by atoms with Crippen LogP contribution in [-0.4, -0.2) is 11.2 Å². The van der Waals surface area contributed by atoms with Gasteiger partial charge in [-0.05, 0) is 4.64 Å². The minimum atomic E-state index is -2.84. The predicted molar refractivity (Wildman–Crippen MR) is 29.1 cm³/mol. The van der Waals surface area contributed by atoms with Crippen LogP contribution in [0.25, 0.3) is 0 Å². The van der Waals surface area contributed by atoms with E-state index in [1.54, 1.807) is 0 Å². The Bertz CT molecular complexity index is 153. The molecule has 10 heavy (non-hydrogen) atoms. The number of hydrogen-bond acceptors (Lipinski definition) is 4. The smallest absolute Gasteiger partial charge is 0.388 e. The SMILES string of the molecule is FC(F)OC1=CNN(Cl)N1. The summed E-state index contributed by atoms with van der Waals surface area (Å²) < 4.78 is 27.6. The normalized spacial score (nSPS) is 18.2. The number of nitrogens with zero attached hydrogens (tertiary/aromatic N) is 1. The summed E-state index contributed by atoms with van der Waals surface area (Å²) in [7, 11) is 0. The predicted octanol–water partition coefficient (Wildman–Crippen LogP) is 0.503. The molecule has 58 valence electrons. The molecule has 0 radical (unpaired) electrons. The van der Waals surface area contributed by atoms with Crippen molar-refractivity contribution < 1.29 is 13.5 Å². The van der Waals surface area contributed by atoms with Crippen molar-refractivity contribution in [3.8, 4) is 0 Å². The molecule has 0 saturated heterocycles. The first kappa shape index (κ1) is 7.36. The van der Waals surface area contributed by atoms with Crippen molar-refractivity contribution in [1.82, 2.24) is 15.5 Å². The van der Waals surface area contributed by atoms with Crippen molar-refractivity contribution in [2.75, 3.05) is 0 Å². The van der Waals surface area contributed by atoms with Gasteiger partial charge in [-0.15, -0.1) is 0 Å². The van der Waals surface area contributed by atoms with Gasteiger partial charge in [0.05, 0.1) is 6.20 Å². The van der Waals surface area contributed by atoms with Crippen LogP contribution >= 0.6 is 11.8 Å². The highest BCUT2D eigenvalue weighted by Gasteiger charge is 2.14. The molecule has 0 aromatic carbocycles. The summed E-state index contributed by atoms with van der Waals surface area (Å²) in [4.78, 5) is 0. The summed E-state index contributed by atoms with van der Waals surface area (Å²) in [6.45, 7) is -2.84. The minimum Gasteiger partial charge on any atom is -0.416 e. The molecule has 1 rings (SSSR count). The Kier molecular flexibility index (Phi) is 2.13. The quantitative estimate of drug-likeness (QED) is 0.594. The molecule has 0 bridgehead atoms. The van der Waals surface area contributed by atoms with Gasteiger partial charge >= 0.3 is 6.61 Å². The topological polar surface area (TPSA) is 36.5 Å². The first-order valence-corrected chi connectivity index (χ1v) is 2.66. The summed E-state index contributed by atoms with van der Waals surface area (Å²) in [6.07, 6.45) is 1.17. The van der Waals surface area contributed by atoms with E-state index in [0.717, 1.165) is 4.64 Å². The van der Waals surface area contributed by atoms with E-state index in [2.05, 4.69) is 15.6 Å². The third kappa shape index (κ3) is 1.89. The lowest BCUT2D eigenvalue weighted by atomic mass is 10.9. The fourth-order valence-corrected chi connectivity index (χ4v) is 0.565. The largest absolute Gasteiger partial charge is 0.416 e. The number of hydrogen-bond donors (Lipinski definition) is 2. The number of rotatable bonds is 2. The fraction of sp³-hybridized carbons (Fsp3) is 0.333. The lowest BCUT2D eigenvalue weighted by Gasteiger charge is -2.07. The van der Waals surface area contributed by atoms with Crippen LogP contribution < -0.4 is 10.9 Å². The first-order chi connectivity index (χ1) is 4.68. The second kappa shape index (κ2) is 2.89. The molecule has 0 aromatic heterocycles. The average molecular weight is 172 g/mol. The molecule has 1 aliphatic rings. The van der Waals surface area contributed by atoms with Crippen LogP contribution in [-0.2, 0) is 4.74 Å². The second-order valence-electron chi connectivity index (χ2n) is 1.41. The maximum Gasteiger partial charge on any atom is 0.388 e. The molecule has 2 N–H and O–H groups in total. The molecular formula is C3H4ClF2N3O. The molecule has 4 nitrogen and oxygen atoms in total. The number of ether oxygens (including phenoxy) is 1. The third-order valence-electron chi connectivity index (χ3n) is 0.733. The standard InChI is InChI=1S/C3H4ClF2N3O/c4-9-7-1-2(8-9)10-3(5)6/h1,3,7-8H. The molecule has 0 aromatic rings. The first-order valence-electron chi connectivity index (χ1n) is 2.32. The zero-order valence-corrected chi connectivity index (χ0v) is 5.40. The van der Waals surface area contributed by atoms with E-state index in [-0.39, 0.29) is 5.88 Å². The Hall–Kier alpha value is -0.750. The number of nitrogens with one attached hydrogen (secondary N) is 2. The Balaban J connectivity index is 2.30. The summed E-state index contributed by atoms with van der Waals surface area (Å²) in [5.41, 5.74) is 4.57. The van der Waals surface area contributed by atoms with Gasteiger partial charge in [-0.25, -0.2) is 0 Å². The molecule has 1 heterocycles. The summed E-state index contributed by atoms with van der Waals surface area (Å²) in [6, 6.07) is 0. The van der Waals surface area contributed by atoms with Crippen molar-refractivity contribution in [3.05, 3.63) is 12.1 Å². The fourth-order valence-electron chi connectivity index (χ4n) is 0.433. The van der Waals surface area contributed by atoms with Crippen molar-refractivity contribution in [3.63, 3.8) is 0 Å². The molecule has 0 saturated carbocycles. The Morgan fingerprint density at radius 3 is 2.80 bits per heavy atom. The van der Waals surface area contributed by atoms with Gasteiger partial charge in [-0.3, -0.25) is 10.9 Å². The molecule has 0 amide bonds. The van der Waals surface area contributed by atoms with E-state index in [1.807, 2.05) is 0 Å². The number of hydrazine groups is 2. The van der Waals surface area contributed by atoms with E-state index in [9.17, 15) is 8.78 Å². The molecule has 0 unspecified atom stereocenters. The monoisotopic (exact) mass is 171 g/mol. The summed E-state index contributed by atoms with van der Waals surface area (Å²) in [5, 5.41) is 0. The highest BCUT2D eigenvalue weighted by atomic mass is 35.5. The van der Waals surface area contributed by atoms with Gasteiger partial charge in [-0.1, -0.05) is 0 Å². The zero-order valence-electron chi connectivity index (χ0n) is 4.64. The van der Waals surface area contributed by atoms with Gasteiger partial charge in [-0.2, -0.15) is 8.78 Å². The molecule has 0 spiro atoms. The van der Waals surface area contributed by atoms with Crippen LogP contribution in [0.15, 0.2) is 12.1 Å². The Labute approximate surface area is 60.4 Å². The van der Waals surface area contributed by atoms with Crippen LogP contribution in [0.1, 0.15) is 0 Å². The van der Waals surface area contributed by atoms with Crippen molar-refractivity contribution in [1.29, 1.82) is 0 Å². The van der Waals surface area contributed by atoms with Crippen molar-refractivity contribution in [2.45, 2.75) is 6.61 Å². The molecule has 0 aliphatic carbocycles. The molecule has 1 aliphatic heterocycles. The van der Waals surface area contributed by atoms with Crippen molar-refractivity contribution in [2.24, 2.45) is 0 Å². The Morgan fingerprint density at radius 1 is 1.70 bits per heavy atom. The highest BCUT2D eigenvalue weighted by Crippen LogP contribution is 2.06. The third-order valence-corrected chi connectivity index (χ3v) is 0.916. The van der Waals surface area contributed by atoms with Gasteiger partial charge < -0.3 is 4.74 Å². The van der Waals surface area contributed by atoms with Gasteiger partial charge in [0, 0.05) is 11.8 Å². The molecule has 0 atom stereocenters. The summed E-state index contributed by atoms with van der Waals surface area (Å²) in [5.74, 6) is -0.120. The van der Waals surface area contributed by atoms with Crippen LogP contribution in [0.5, 0.6) is 0 Å². The lowest BCUT2D eigenvalue weighted by Crippen LogP contribution is -2.30. The van der Waals surface area contributed by atoms with E-state index >= 15 is 0 Å². The maximum absolute atomic E-state index is 11.4. The second-order valence-corrected chi connectivity index (χ2v) is 1.75. The van der Waals surface area contributed by atoms with Crippen molar-refractivity contribution >= 4 is 11.8 Å². The van der Waals surface area contributed by atoms with E-state index < -0.39 is 6.61 Å². The van der Waals surface area contributed by atoms with Crippen LogP contribution in [0.4, 0.5) is 8.78 Å². The number of halogens is 3. The molecular weight excluding hydrogens is 168 g/mol. The van der Waals surface area contributed by atoms with Gasteiger partial charge in [0.15, 0.2) is 0 Å². The van der Waals surface area contributed by atoms with Crippen LogP contribution in [0, 0.1) is 0 Å². The van der Waals surface area contributed by atoms with E-state index in [0.29, 0.717) is 0 Å².